The van der Waals surface area contributed by atoms with Gasteiger partial charge in [-0.1, -0.05) is 35.9 Å². The number of nitrogen functional groups attached to an aromatic ring is 1. The van der Waals surface area contributed by atoms with Crippen LogP contribution in [0.25, 0.3) is 32.9 Å². The molecule has 0 unspecified atom stereocenters. The minimum atomic E-state index is 0.744. The first-order valence-corrected chi connectivity index (χ1v) is 8.42. The van der Waals surface area contributed by atoms with Crippen molar-refractivity contribution in [3.63, 3.8) is 0 Å². The molecule has 2 nitrogen and oxygen atoms in total. The van der Waals surface area contributed by atoms with Gasteiger partial charge in [-0.05, 0) is 61.2 Å². The van der Waals surface area contributed by atoms with Crippen molar-refractivity contribution in [2.45, 2.75) is 20.8 Å². The normalized spacial score (nSPS) is 11.5. The fraction of sp³-hybridized carbons (Fsp3) is 0.143. The predicted octanol–water partition coefficient (Wildman–Crippen LogP) is 6.15. The number of hydrogen-bond acceptors (Lipinski definition) is 1. The van der Waals surface area contributed by atoms with E-state index in [0.717, 1.165) is 27.3 Å². The SMILES string of the molecule is Cc1c(-c2ccccc2N)c(C)c2[nH]c3cc(Cl)ccc3c2c1C. The van der Waals surface area contributed by atoms with Crippen molar-refractivity contribution >= 4 is 39.1 Å². The summed E-state index contributed by atoms with van der Waals surface area (Å²) in [5, 5.41) is 3.23. The number of halogens is 1. The molecule has 0 atom stereocenters. The Hall–Kier alpha value is -2.45. The highest BCUT2D eigenvalue weighted by Gasteiger charge is 2.18. The van der Waals surface area contributed by atoms with E-state index < -0.39 is 0 Å². The number of aromatic nitrogens is 1. The molecule has 0 aliphatic rings. The highest BCUT2D eigenvalue weighted by Crippen LogP contribution is 2.41. The van der Waals surface area contributed by atoms with E-state index in [1.165, 1.54) is 33.0 Å². The summed E-state index contributed by atoms with van der Waals surface area (Å²) in [6.45, 7) is 6.52. The summed E-state index contributed by atoms with van der Waals surface area (Å²) in [5.74, 6) is 0. The first kappa shape index (κ1) is 15.1. The minimum absolute atomic E-state index is 0.744. The second-order valence-electron chi connectivity index (χ2n) is 6.40. The number of para-hydroxylation sites is 1. The van der Waals surface area contributed by atoms with Gasteiger partial charge in [0.15, 0.2) is 0 Å². The van der Waals surface area contributed by atoms with Crippen LogP contribution in [0.4, 0.5) is 5.69 Å². The number of hydrogen-bond donors (Lipinski definition) is 2. The van der Waals surface area contributed by atoms with Crippen LogP contribution in [0.2, 0.25) is 5.02 Å². The number of H-pyrrole nitrogens is 1. The van der Waals surface area contributed by atoms with Crippen molar-refractivity contribution in [1.29, 1.82) is 0 Å². The van der Waals surface area contributed by atoms with E-state index in [0.29, 0.717) is 0 Å². The van der Waals surface area contributed by atoms with Crippen LogP contribution in [0.1, 0.15) is 16.7 Å². The fourth-order valence-electron chi connectivity index (χ4n) is 3.75. The summed E-state index contributed by atoms with van der Waals surface area (Å²) >= 11 is 6.17. The summed E-state index contributed by atoms with van der Waals surface area (Å²) < 4.78 is 0. The van der Waals surface area contributed by atoms with Crippen LogP contribution in [-0.4, -0.2) is 4.98 Å². The van der Waals surface area contributed by atoms with Crippen molar-refractivity contribution in [3.8, 4) is 11.1 Å². The van der Waals surface area contributed by atoms with Crippen molar-refractivity contribution in [3.05, 3.63) is 64.2 Å². The van der Waals surface area contributed by atoms with E-state index in [4.69, 9.17) is 17.3 Å². The van der Waals surface area contributed by atoms with Gasteiger partial charge < -0.3 is 10.7 Å². The third-order valence-corrected chi connectivity index (χ3v) is 5.29. The number of aryl methyl sites for hydroxylation is 2. The molecule has 3 aromatic carbocycles. The number of fused-ring (bicyclic) bond motifs is 3. The van der Waals surface area contributed by atoms with Gasteiger partial charge in [-0.3, -0.25) is 0 Å². The number of nitrogens with one attached hydrogen (secondary N) is 1. The molecule has 3 heteroatoms. The molecular formula is C21H19ClN2. The zero-order valence-electron chi connectivity index (χ0n) is 14.0. The predicted molar refractivity (Wildman–Crippen MR) is 105 cm³/mol. The number of anilines is 1. The molecule has 0 saturated heterocycles. The monoisotopic (exact) mass is 334 g/mol. The Balaban J connectivity index is 2.18. The quantitative estimate of drug-likeness (QED) is 0.403. The molecule has 120 valence electrons. The molecule has 4 aromatic rings. The van der Waals surface area contributed by atoms with E-state index in [9.17, 15) is 0 Å². The molecule has 0 saturated carbocycles. The zero-order valence-corrected chi connectivity index (χ0v) is 14.8. The molecule has 0 radical (unpaired) electrons. The Kier molecular flexibility index (Phi) is 3.33. The van der Waals surface area contributed by atoms with Crippen LogP contribution in [-0.2, 0) is 0 Å². The number of rotatable bonds is 1. The molecule has 1 heterocycles. The second kappa shape index (κ2) is 5.29. The van der Waals surface area contributed by atoms with Gasteiger partial charge in [0.2, 0.25) is 0 Å². The first-order chi connectivity index (χ1) is 11.5. The average molecular weight is 335 g/mol. The molecule has 0 spiro atoms. The number of aromatic amines is 1. The van der Waals surface area contributed by atoms with Crippen molar-refractivity contribution in [1.82, 2.24) is 4.98 Å². The summed E-state index contributed by atoms with van der Waals surface area (Å²) in [7, 11) is 0. The van der Waals surface area contributed by atoms with Gasteiger partial charge in [-0.25, -0.2) is 0 Å². The lowest BCUT2D eigenvalue weighted by atomic mass is 9.88. The van der Waals surface area contributed by atoms with Crippen LogP contribution >= 0.6 is 11.6 Å². The van der Waals surface area contributed by atoms with E-state index in [2.05, 4.69) is 37.9 Å². The summed E-state index contributed by atoms with van der Waals surface area (Å²) in [5.41, 5.74) is 15.4. The topological polar surface area (TPSA) is 41.8 Å². The van der Waals surface area contributed by atoms with Gasteiger partial charge in [0.1, 0.15) is 0 Å². The standard InChI is InChI=1S/C21H19ClN2/c1-11-12(2)20-16-9-8-14(22)10-18(16)24-21(20)13(3)19(11)15-6-4-5-7-17(15)23/h4-10,24H,23H2,1-3H3. The summed E-state index contributed by atoms with van der Waals surface area (Å²) in [4.78, 5) is 3.56. The van der Waals surface area contributed by atoms with Gasteiger partial charge >= 0.3 is 0 Å². The Morgan fingerprint density at radius 3 is 2.42 bits per heavy atom. The maximum absolute atomic E-state index is 6.25. The average Bonchev–Trinajstić information content (AvgIpc) is 2.93. The first-order valence-electron chi connectivity index (χ1n) is 8.04. The zero-order chi connectivity index (χ0) is 17.0. The van der Waals surface area contributed by atoms with Crippen molar-refractivity contribution in [2.24, 2.45) is 0 Å². The Morgan fingerprint density at radius 2 is 1.67 bits per heavy atom. The smallest absolute Gasteiger partial charge is 0.0503 e. The van der Waals surface area contributed by atoms with Gasteiger partial charge in [-0.2, -0.15) is 0 Å². The summed E-state index contributed by atoms with van der Waals surface area (Å²) in [6.07, 6.45) is 0. The molecule has 4 rings (SSSR count). The third kappa shape index (κ3) is 2.03. The number of nitrogens with two attached hydrogens (primary N) is 1. The Labute approximate surface area is 146 Å². The number of benzene rings is 3. The molecular weight excluding hydrogens is 316 g/mol. The largest absolute Gasteiger partial charge is 0.398 e. The van der Waals surface area contributed by atoms with Gasteiger partial charge in [0.05, 0.1) is 5.52 Å². The van der Waals surface area contributed by atoms with Crippen LogP contribution < -0.4 is 5.73 Å². The summed E-state index contributed by atoms with van der Waals surface area (Å²) in [6, 6.07) is 14.1. The Bertz CT molecular complexity index is 1110. The molecule has 0 bridgehead atoms. The van der Waals surface area contributed by atoms with Crippen LogP contribution in [0.3, 0.4) is 0 Å². The molecule has 0 fully saturated rings. The van der Waals surface area contributed by atoms with Crippen LogP contribution in [0.15, 0.2) is 42.5 Å². The van der Waals surface area contributed by atoms with Crippen molar-refractivity contribution < 1.29 is 0 Å². The van der Waals surface area contributed by atoms with Gasteiger partial charge in [0.25, 0.3) is 0 Å². The lowest BCUT2D eigenvalue weighted by Crippen LogP contribution is -1.97. The maximum atomic E-state index is 6.25. The third-order valence-electron chi connectivity index (χ3n) is 5.05. The van der Waals surface area contributed by atoms with Gasteiger partial charge in [0, 0.05) is 32.6 Å². The Morgan fingerprint density at radius 1 is 0.917 bits per heavy atom. The van der Waals surface area contributed by atoms with Crippen LogP contribution in [0.5, 0.6) is 0 Å². The molecule has 24 heavy (non-hydrogen) atoms. The molecule has 0 aliphatic carbocycles. The second-order valence-corrected chi connectivity index (χ2v) is 6.84. The fourth-order valence-corrected chi connectivity index (χ4v) is 3.92. The van der Waals surface area contributed by atoms with E-state index in [1.54, 1.807) is 0 Å². The van der Waals surface area contributed by atoms with Gasteiger partial charge in [-0.15, -0.1) is 0 Å². The lowest BCUT2D eigenvalue weighted by Gasteiger charge is -2.16. The molecule has 3 N–H and O–H groups in total. The maximum Gasteiger partial charge on any atom is 0.0503 e. The van der Waals surface area contributed by atoms with Crippen molar-refractivity contribution in [2.75, 3.05) is 5.73 Å². The van der Waals surface area contributed by atoms with E-state index in [-0.39, 0.29) is 0 Å². The van der Waals surface area contributed by atoms with E-state index >= 15 is 0 Å². The molecule has 1 aromatic heterocycles. The van der Waals surface area contributed by atoms with Crippen LogP contribution in [0, 0.1) is 20.8 Å². The lowest BCUT2D eigenvalue weighted by molar-refractivity contribution is 1.33. The minimum Gasteiger partial charge on any atom is -0.398 e. The molecule has 0 aliphatic heterocycles. The highest BCUT2D eigenvalue weighted by atomic mass is 35.5. The van der Waals surface area contributed by atoms with E-state index in [1.807, 2.05) is 30.3 Å². The highest BCUT2D eigenvalue weighted by molar-refractivity contribution is 6.31. The molecule has 0 amide bonds.